The van der Waals surface area contributed by atoms with Gasteiger partial charge in [-0.25, -0.2) is 17.8 Å². The van der Waals surface area contributed by atoms with Gasteiger partial charge in [-0.3, -0.25) is 10.0 Å². The minimum atomic E-state index is -4.66. The molecule has 0 radical (unpaired) electrons. The summed E-state index contributed by atoms with van der Waals surface area (Å²) in [7, 11) is -1.82. The Kier molecular flexibility index (Phi) is 6.89. The lowest BCUT2D eigenvalue weighted by atomic mass is 10.0. The van der Waals surface area contributed by atoms with Crippen molar-refractivity contribution in [1.82, 2.24) is 20.1 Å². The number of benzene rings is 3. The number of hydrogen-bond acceptors (Lipinski definition) is 6. The van der Waals surface area contributed by atoms with Crippen molar-refractivity contribution < 1.29 is 26.0 Å². The summed E-state index contributed by atoms with van der Waals surface area (Å²) in [6.45, 7) is 1.45. The topological polar surface area (TPSA) is 70.5 Å². The van der Waals surface area contributed by atoms with Gasteiger partial charge in [-0.1, -0.05) is 29.8 Å². The number of nitrogens with zero attached hydrogens (tertiary/aromatic N) is 4. The lowest BCUT2D eigenvalue weighted by Crippen LogP contribution is -2.39. The molecule has 3 aromatic carbocycles. The molecule has 0 bridgehead atoms. The molecule has 0 saturated heterocycles. The standard InChI is InChI=1S/C27H22ClF4N5O2S/c1-16-33-26(27(30,31)32)15-36(16)23-10-7-18(17-5-4-6-20(11-17)40(3,38)39)12-24(23)37-25(14-35(2)34-37)21-9-8-19(28)13-22(21)29/h4-15,34H,1-3H3. The van der Waals surface area contributed by atoms with Gasteiger partial charge in [-0.05, 0) is 60.5 Å². The summed E-state index contributed by atoms with van der Waals surface area (Å²) < 4.78 is 81.2. The van der Waals surface area contributed by atoms with Crippen LogP contribution in [0, 0.1) is 12.7 Å². The third-order valence-electron chi connectivity index (χ3n) is 6.27. The van der Waals surface area contributed by atoms with E-state index >= 15 is 4.39 Å². The summed E-state index contributed by atoms with van der Waals surface area (Å²) in [5, 5.41) is 3.29. The number of aromatic nitrogens is 2. The van der Waals surface area contributed by atoms with Crippen molar-refractivity contribution in [2.45, 2.75) is 18.0 Å². The molecule has 0 aliphatic carbocycles. The largest absolute Gasteiger partial charge is 0.434 e. The van der Waals surface area contributed by atoms with Crippen molar-refractivity contribution in [3.63, 3.8) is 0 Å². The van der Waals surface area contributed by atoms with Crippen LogP contribution in [0.3, 0.4) is 0 Å². The second-order valence-corrected chi connectivity index (χ2v) is 11.7. The maximum absolute atomic E-state index is 15.0. The zero-order valence-electron chi connectivity index (χ0n) is 21.3. The lowest BCUT2D eigenvalue weighted by Gasteiger charge is -2.27. The van der Waals surface area contributed by atoms with Gasteiger partial charge in [0.2, 0.25) is 0 Å². The Morgan fingerprint density at radius 2 is 1.70 bits per heavy atom. The second-order valence-electron chi connectivity index (χ2n) is 9.23. The van der Waals surface area contributed by atoms with Crippen LogP contribution < -0.4 is 10.5 Å². The summed E-state index contributed by atoms with van der Waals surface area (Å²) >= 11 is 5.96. The van der Waals surface area contributed by atoms with Gasteiger partial charge >= 0.3 is 6.18 Å². The van der Waals surface area contributed by atoms with Crippen LogP contribution in [0.4, 0.5) is 23.2 Å². The first-order valence-corrected chi connectivity index (χ1v) is 14.0. The van der Waals surface area contributed by atoms with Gasteiger partial charge in [0.25, 0.3) is 0 Å². The maximum Gasteiger partial charge on any atom is 0.434 e. The highest BCUT2D eigenvalue weighted by molar-refractivity contribution is 7.90. The van der Waals surface area contributed by atoms with Gasteiger partial charge < -0.3 is 4.57 Å². The minimum Gasteiger partial charge on any atom is -0.301 e. The lowest BCUT2D eigenvalue weighted by molar-refractivity contribution is -0.141. The number of anilines is 1. The summed E-state index contributed by atoms with van der Waals surface area (Å²) in [6, 6.07) is 15.4. The zero-order valence-corrected chi connectivity index (χ0v) is 22.9. The van der Waals surface area contributed by atoms with Crippen LogP contribution in [-0.4, -0.2) is 36.3 Å². The Balaban J connectivity index is 1.73. The molecule has 13 heteroatoms. The first kappa shape index (κ1) is 27.7. The molecule has 1 aromatic heterocycles. The van der Waals surface area contributed by atoms with E-state index in [9.17, 15) is 21.6 Å². The van der Waals surface area contributed by atoms with E-state index in [1.165, 1.54) is 40.8 Å². The van der Waals surface area contributed by atoms with E-state index in [0.717, 1.165) is 18.5 Å². The van der Waals surface area contributed by atoms with E-state index in [-0.39, 0.29) is 21.3 Å². The van der Waals surface area contributed by atoms with Crippen molar-refractivity contribution >= 4 is 32.8 Å². The van der Waals surface area contributed by atoms with E-state index in [0.29, 0.717) is 28.2 Å². The van der Waals surface area contributed by atoms with E-state index < -0.39 is 27.5 Å². The van der Waals surface area contributed by atoms with Crippen molar-refractivity contribution in [2.24, 2.45) is 0 Å². The van der Waals surface area contributed by atoms with E-state index in [1.807, 2.05) is 0 Å². The molecule has 1 aliphatic rings. The summed E-state index contributed by atoms with van der Waals surface area (Å²) in [6.07, 6.45) is -1.05. The molecule has 40 heavy (non-hydrogen) atoms. The van der Waals surface area contributed by atoms with Gasteiger partial charge in [-0.2, -0.15) is 13.2 Å². The van der Waals surface area contributed by atoms with E-state index in [4.69, 9.17) is 11.6 Å². The van der Waals surface area contributed by atoms with Crippen LogP contribution in [-0.2, 0) is 16.0 Å². The third-order valence-corrected chi connectivity index (χ3v) is 7.61. The monoisotopic (exact) mass is 591 g/mol. The predicted molar refractivity (Wildman–Crippen MR) is 145 cm³/mol. The average molecular weight is 592 g/mol. The molecule has 0 amide bonds. The van der Waals surface area contributed by atoms with Gasteiger partial charge in [-0.15, -0.1) is 5.53 Å². The molecule has 0 spiro atoms. The summed E-state index contributed by atoms with van der Waals surface area (Å²) in [5.74, 6) is -0.520. The van der Waals surface area contributed by atoms with Gasteiger partial charge in [0, 0.05) is 36.3 Å². The van der Waals surface area contributed by atoms with Crippen molar-refractivity contribution in [1.29, 1.82) is 0 Å². The summed E-state index contributed by atoms with van der Waals surface area (Å²) in [4.78, 5) is 3.80. The van der Waals surface area contributed by atoms with Crippen LogP contribution in [0.15, 0.2) is 78.0 Å². The Morgan fingerprint density at radius 1 is 0.975 bits per heavy atom. The highest BCUT2D eigenvalue weighted by atomic mass is 35.5. The number of imidazole rings is 1. The molecule has 1 N–H and O–H groups in total. The summed E-state index contributed by atoms with van der Waals surface area (Å²) in [5.41, 5.74) is 4.34. The van der Waals surface area contributed by atoms with Gasteiger partial charge in [0.05, 0.1) is 22.0 Å². The molecule has 208 valence electrons. The predicted octanol–water partition coefficient (Wildman–Crippen LogP) is 6.23. The van der Waals surface area contributed by atoms with Crippen LogP contribution in [0.25, 0.3) is 22.5 Å². The van der Waals surface area contributed by atoms with Crippen molar-refractivity contribution in [2.75, 3.05) is 18.3 Å². The number of aryl methyl sites for hydroxylation is 1. The average Bonchev–Trinajstić information content (AvgIpc) is 3.46. The SMILES string of the molecule is Cc1nc(C(F)(F)F)cn1-c1ccc(-c2cccc(S(C)(=O)=O)c2)cc1N1NN(C)C=C1c1ccc(Cl)cc1F. The molecule has 4 aromatic rings. The Bertz CT molecular complexity index is 1770. The normalized spacial score (nSPS) is 14.2. The fraction of sp³-hybridized carbons (Fsp3) is 0.148. The number of alkyl halides is 3. The Morgan fingerprint density at radius 3 is 2.35 bits per heavy atom. The Hall–Kier alpha value is -3.87. The third kappa shape index (κ3) is 5.29. The number of nitrogens with one attached hydrogen (secondary N) is 1. The highest BCUT2D eigenvalue weighted by Gasteiger charge is 2.35. The van der Waals surface area contributed by atoms with E-state index in [2.05, 4.69) is 10.5 Å². The van der Waals surface area contributed by atoms with E-state index in [1.54, 1.807) is 48.6 Å². The fourth-order valence-corrected chi connectivity index (χ4v) is 5.22. The molecule has 0 unspecified atom stereocenters. The fourth-order valence-electron chi connectivity index (χ4n) is 4.40. The molecule has 0 fully saturated rings. The molecule has 1 aliphatic heterocycles. The smallest absolute Gasteiger partial charge is 0.301 e. The number of halogens is 5. The van der Waals surface area contributed by atoms with Gasteiger partial charge in [0.15, 0.2) is 15.5 Å². The number of hydrogen-bond donors (Lipinski definition) is 1. The molecule has 7 nitrogen and oxygen atoms in total. The van der Waals surface area contributed by atoms with Crippen LogP contribution in [0.2, 0.25) is 5.02 Å². The quantitative estimate of drug-likeness (QED) is 0.277. The van der Waals surface area contributed by atoms with Crippen LogP contribution in [0.1, 0.15) is 17.1 Å². The molecular weight excluding hydrogens is 570 g/mol. The van der Waals surface area contributed by atoms with Crippen LogP contribution >= 0.6 is 11.6 Å². The second kappa shape index (κ2) is 9.95. The maximum atomic E-state index is 15.0. The minimum absolute atomic E-state index is 0.0798. The first-order chi connectivity index (χ1) is 18.7. The molecular formula is C27H22ClF4N5O2S. The van der Waals surface area contributed by atoms with Crippen LogP contribution in [0.5, 0.6) is 0 Å². The highest BCUT2D eigenvalue weighted by Crippen LogP contribution is 2.39. The zero-order chi connectivity index (χ0) is 29.0. The molecule has 0 saturated carbocycles. The van der Waals surface area contributed by atoms with Crippen molar-refractivity contribution in [3.8, 4) is 16.8 Å². The first-order valence-electron chi connectivity index (χ1n) is 11.8. The number of rotatable bonds is 5. The number of hydrazine groups is 2. The van der Waals surface area contributed by atoms with Crippen molar-refractivity contribution in [3.05, 3.63) is 101 Å². The number of sulfone groups is 1. The molecule has 2 heterocycles. The molecule has 0 atom stereocenters. The molecule has 5 rings (SSSR count). The Labute approximate surface area is 232 Å². The van der Waals surface area contributed by atoms with Gasteiger partial charge in [0.1, 0.15) is 11.6 Å².